The van der Waals surface area contributed by atoms with Gasteiger partial charge in [0.25, 0.3) is 5.91 Å². The molecule has 3 aromatic rings. The lowest BCUT2D eigenvalue weighted by Crippen LogP contribution is -2.34. The van der Waals surface area contributed by atoms with Gasteiger partial charge in [-0.05, 0) is 59.9 Å². The first kappa shape index (κ1) is 26.9. The number of carbonyl (C=O) groups excluding carboxylic acids is 2. The first-order valence-electron chi connectivity index (χ1n) is 12.2. The van der Waals surface area contributed by atoms with Crippen molar-refractivity contribution in [2.75, 3.05) is 24.3 Å². The van der Waals surface area contributed by atoms with Crippen molar-refractivity contribution in [2.24, 2.45) is 5.41 Å². The molecule has 0 aliphatic heterocycles. The number of amides is 2. The van der Waals surface area contributed by atoms with Gasteiger partial charge in [-0.15, -0.1) is 0 Å². The second-order valence-electron chi connectivity index (χ2n) is 10.6. The molecule has 190 valence electrons. The summed E-state index contributed by atoms with van der Waals surface area (Å²) < 4.78 is 14.0. The average molecular weight is 490 g/mol. The van der Waals surface area contributed by atoms with Gasteiger partial charge in [-0.1, -0.05) is 57.2 Å². The van der Waals surface area contributed by atoms with Crippen LogP contribution in [0, 0.1) is 11.2 Å². The zero-order valence-electron chi connectivity index (χ0n) is 22.0. The molecule has 5 nitrogen and oxygen atoms in total. The van der Waals surface area contributed by atoms with Gasteiger partial charge in [0.2, 0.25) is 5.91 Å². The molecule has 0 aromatic heterocycles. The second kappa shape index (κ2) is 11.4. The fraction of sp³-hybridized carbons (Fsp3) is 0.333. The molecule has 0 aliphatic rings. The highest BCUT2D eigenvalue weighted by atomic mass is 19.1. The van der Waals surface area contributed by atoms with Crippen LogP contribution in [0.1, 0.15) is 61.6 Å². The summed E-state index contributed by atoms with van der Waals surface area (Å²) in [6, 6.07) is 21.0. The summed E-state index contributed by atoms with van der Waals surface area (Å²) in [6.07, 6.45) is 0.396. The van der Waals surface area contributed by atoms with Crippen LogP contribution < -0.4 is 10.2 Å². The van der Waals surface area contributed by atoms with Crippen LogP contribution in [0.2, 0.25) is 0 Å². The lowest BCUT2D eigenvalue weighted by Gasteiger charge is -2.32. The Morgan fingerprint density at radius 1 is 0.944 bits per heavy atom. The van der Waals surface area contributed by atoms with E-state index in [1.54, 1.807) is 17.0 Å². The minimum atomic E-state index is -0.453. The third-order valence-corrected chi connectivity index (χ3v) is 5.96. The normalized spacial score (nSPS) is 12.1. The molecule has 3 rings (SSSR count). The quantitative estimate of drug-likeness (QED) is 0.384. The van der Waals surface area contributed by atoms with Gasteiger partial charge in [0.15, 0.2) is 0 Å². The molecule has 1 N–H and O–H groups in total. The molecular formula is C30H36FN3O2. The van der Waals surface area contributed by atoms with Crippen LogP contribution in [0.15, 0.2) is 72.8 Å². The molecule has 0 aliphatic carbocycles. The maximum absolute atomic E-state index is 14.0. The Hall–Kier alpha value is -3.67. The monoisotopic (exact) mass is 489 g/mol. The predicted molar refractivity (Wildman–Crippen MR) is 145 cm³/mol. The number of nitrogens with one attached hydrogen (secondary N) is 1. The summed E-state index contributed by atoms with van der Waals surface area (Å²) in [6.45, 7) is 8.31. The van der Waals surface area contributed by atoms with Crippen molar-refractivity contribution in [3.8, 4) is 0 Å². The average Bonchev–Trinajstić information content (AvgIpc) is 2.81. The lowest BCUT2D eigenvalue weighted by molar-refractivity contribution is -0.117. The summed E-state index contributed by atoms with van der Waals surface area (Å²) in [4.78, 5) is 30.0. The summed E-state index contributed by atoms with van der Waals surface area (Å²) >= 11 is 0. The van der Waals surface area contributed by atoms with Crippen LogP contribution in [-0.2, 0) is 11.3 Å². The Balaban J connectivity index is 2.00. The van der Waals surface area contributed by atoms with Gasteiger partial charge in [-0.2, -0.15) is 0 Å². The maximum Gasteiger partial charge on any atom is 0.254 e. The van der Waals surface area contributed by atoms with Crippen molar-refractivity contribution >= 4 is 23.2 Å². The Kier molecular flexibility index (Phi) is 8.51. The Bertz CT molecular complexity index is 1200. The smallest absolute Gasteiger partial charge is 0.254 e. The first-order valence-corrected chi connectivity index (χ1v) is 12.2. The van der Waals surface area contributed by atoms with Gasteiger partial charge in [-0.3, -0.25) is 9.59 Å². The summed E-state index contributed by atoms with van der Waals surface area (Å²) in [5, 5.41) is 3.00. The zero-order chi connectivity index (χ0) is 26.5. The Morgan fingerprint density at radius 3 is 2.25 bits per heavy atom. The van der Waals surface area contributed by atoms with Crippen LogP contribution in [0.4, 0.5) is 15.8 Å². The molecule has 3 aromatic carbocycles. The van der Waals surface area contributed by atoms with Crippen molar-refractivity contribution in [1.29, 1.82) is 0 Å². The highest BCUT2D eigenvalue weighted by Crippen LogP contribution is 2.30. The van der Waals surface area contributed by atoms with E-state index in [0.29, 0.717) is 17.7 Å². The standard InChI is InChI=1S/C30H36FN3O2/c1-21(22-11-8-7-9-12-22)34(29(36)23-13-10-14-25(31)17-23)20-24-18-26(15-16-27(24)33(5)6)32-28(35)19-30(2,3)4/h7-18,21H,19-20H2,1-6H3,(H,32,35)/t21-/m0/s1. The van der Waals surface area contributed by atoms with Gasteiger partial charge >= 0.3 is 0 Å². The molecule has 36 heavy (non-hydrogen) atoms. The van der Waals surface area contributed by atoms with Gasteiger partial charge in [0.1, 0.15) is 5.82 Å². The van der Waals surface area contributed by atoms with E-state index < -0.39 is 5.82 Å². The molecule has 0 spiro atoms. The predicted octanol–water partition coefficient (Wildman–Crippen LogP) is 6.67. The fourth-order valence-electron chi connectivity index (χ4n) is 4.18. The Morgan fingerprint density at radius 2 is 1.64 bits per heavy atom. The largest absolute Gasteiger partial charge is 0.377 e. The number of nitrogens with zero attached hydrogens (tertiary/aromatic N) is 2. The fourth-order valence-corrected chi connectivity index (χ4v) is 4.18. The molecule has 6 heteroatoms. The molecule has 0 unspecified atom stereocenters. The molecule has 2 amide bonds. The maximum atomic E-state index is 14.0. The van der Waals surface area contributed by atoms with Crippen LogP contribution in [0.25, 0.3) is 0 Å². The van der Waals surface area contributed by atoms with E-state index in [4.69, 9.17) is 0 Å². The number of anilines is 2. The van der Waals surface area contributed by atoms with Crippen LogP contribution >= 0.6 is 0 Å². The van der Waals surface area contributed by atoms with Crippen molar-refractivity contribution < 1.29 is 14.0 Å². The van der Waals surface area contributed by atoms with Crippen molar-refractivity contribution in [2.45, 2.75) is 46.7 Å². The molecular weight excluding hydrogens is 453 g/mol. The summed E-state index contributed by atoms with van der Waals surface area (Å²) in [7, 11) is 3.88. The van der Waals surface area contributed by atoms with Gasteiger partial charge in [0.05, 0.1) is 6.04 Å². The molecule has 1 atom stereocenters. The number of hydrogen-bond donors (Lipinski definition) is 1. The SMILES string of the molecule is C[C@@H](c1ccccc1)N(Cc1cc(NC(=O)CC(C)(C)C)ccc1N(C)C)C(=O)c1cccc(F)c1. The minimum absolute atomic E-state index is 0.0589. The highest BCUT2D eigenvalue weighted by molar-refractivity contribution is 5.95. The molecule has 0 saturated carbocycles. The van der Waals surface area contributed by atoms with E-state index in [2.05, 4.69) is 5.32 Å². The van der Waals surface area contributed by atoms with Crippen molar-refractivity contribution in [1.82, 2.24) is 4.90 Å². The van der Waals surface area contributed by atoms with Gasteiger partial charge in [-0.25, -0.2) is 4.39 Å². The summed E-state index contributed by atoms with van der Waals surface area (Å²) in [5.41, 5.74) is 3.62. The molecule has 0 fully saturated rings. The number of halogens is 1. The van der Waals surface area contributed by atoms with E-state index in [1.165, 1.54) is 12.1 Å². The van der Waals surface area contributed by atoms with Gasteiger partial charge < -0.3 is 15.1 Å². The van der Waals surface area contributed by atoms with Crippen molar-refractivity contribution in [3.63, 3.8) is 0 Å². The third-order valence-electron chi connectivity index (χ3n) is 5.96. The number of carbonyl (C=O) groups is 2. The molecule has 0 bridgehead atoms. The number of benzene rings is 3. The lowest BCUT2D eigenvalue weighted by atomic mass is 9.92. The topological polar surface area (TPSA) is 52.7 Å². The van der Waals surface area contributed by atoms with E-state index in [-0.39, 0.29) is 29.8 Å². The van der Waals surface area contributed by atoms with Crippen molar-refractivity contribution in [3.05, 3.63) is 95.3 Å². The van der Waals surface area contributed by atoms with E-state index in [9.17, 15) is 14.0 Å². The number of hydrogen-bond acceptors (Lipinski definition) is 3. The minimum Gasteiger partial charge on any atom is -0.377 e. The molecule has 0 radical (unpaired) electrons. The van der Waals surface area contributed by atoms with Crippen LogP contribution in [-0.4, -0.2) is 30.8 Å². The van der Waals surface area contributed by atoms with Gasteiger partial charge in [0, 0.05) is 44.0 Å². The first-order chi connectivity index (χ1) is 16.9. The number of rotatable bonds is 8. The van der Waals surface area contributed by atoms with Crippen LogP contribution in [0.3, 0.4) is 0 Å². The zero-order valence-corrected chi connectivity index (χ0v) is 22.0. The molecule has 0 saturated heterocycles. The molecule has 0 heterocycles. The highest BCUT2D eigenvalue weighted by Gasteiger charge is 2.25. The third kappa shape index (κ3) is 7.17. The van der Waals surface area contributed by atoms with E-state index in [0.717, 1.165) is 16.8 Å². The van der Waals surface area contributed by atoms with E-state index >= 15 is 0 Å². The van der Waals surface area contributed by atoms with Crippen LogP contribution in [0.5, 0.6) is 0 Å². The van der Waals surface area contributed by atoms with E-state index in [1.807, 2.05) is 95.2 Å². The second-order valence-corrected chi connectivity index (χ2v) is 10.6. The summed E-state index contributed by atoms with van der Waals surface area (Å²) in [5.74, 6) is -0.778. The Labute approximate surface area is 213 Å².